The van der Waals surface area contributed by atoms with E-state index in [0.29, 0.717) is 25.9 Å². The second-order valence-electron chi connectivity index (χ2n) is 17.5. The molecule has 0 aliphatic carbocycles. The molecule has 0 aliphatic rings. The third-order valence-corrected chi connectivity index (χ3v) is 11.9. The summed E-state index contributed by atoms with van der Waals surface area (Å²) in [6, 6.07) is -0.550. The fourth-order valence-electron chi connectivity index (χ4n) is 7.99. The Morgan fingerprint density at radius 1 is 0.429 bits per heavy atom. The van der Waals surface area contributed by atoms with Crippen LogP contribution in [0.25, 0.3) is 0 Å². The van der Waals surface area contributed by atoms with E-state index in [1.54, 1.807) is 0 Å². The number of ether oxygens (including phenoxy) is 1. The van der Waals surface area contributed by atoms with Gasteiger partial charge in [-0.2, -0.15) is 0 Å². The molecule has 0 rings (SSSR count). The third-order valence-electron chi connectivity index (χ3n) is 11.9. The summed E-state index contributed by atoms with van der Waals surface area (Å²) < 4.78 is 5.46. The zero-order valence-electron chi connectivity index (χ0n) is 37.9. The average Bonchev–Trinajstić information content (AvgIpc) is 3.20. The first kappa shape index (κ1) is 54.9. The molecule has 0 aromatic rings. The van der Waals surface area contributed by atoms with Gasteiger partial charge in [0, 0.05) is 12.8 Å². The summed E-state index contributed by atoms with van der Waals surface area (Å²) in [5, 5.41) is 23.1. The quantitative estimate of drug-likeness (QED) is 0.0421. The van der Waals surface area contributed by atoms with Crippen molar-refractivity contribution < 1.29 is 24.5 Å². The number of aliphatic hydroxyl groups excluding tert-OH is 2. The molecule has 56 heavy (non-hydrogen) atoms. The van der Waals surface area contributed by atoms with Gasteiger partial charge >= 0.3 is 5.97 Å². The molecule has 2 unspecified atom stereocenters. The highest BCUT2D eigenvalue weighted by atomic mass is 16.5. The van der Waals surface area contributed by atoms with Crippen molar-refractivity contribution in [3.05, 3.63) is 0 Å². The maximum absolute atomic E-state index is 12.4. The van der Waals surface area contributed by atoms with Crippen LogP contribution in [0.4, 0.5) is 0 Å². The predicted molar refractivity (Wildman–Crippen MR) is 241 cm³/mol. The normalized spacial score (nSPS) is 12.6. The first-order chi connectivity index (χ1) is 27.5. The van der Waals surface area contributed by atoms with E-state index in [0.717, 1.165) is 57.8 Å². The summed E-state index contributed by atoms with van der Waals surface area (Å²) in [6.45, 7) is 4.92. The van der Waals surface area contributed by atoms with Gasteiger partial charge in [0.25, 0.3) is 0 Å². The molecular formula is C50H99NO5. The van der Waals surface area contributed by atoms with Crippen LogP contribution in [0.15, 0.2) is 0 Å². The van der Waals surface area contributed by atoms with Crippen molar-refractivity contribution >= 4 is 11.9 Å². The zero-order valence-corrected chi connectivity index (χ0v) is 37.9. The second-order valence-corrected chi connectivity index (χ2v) is 17.5. The Hall–Kier alpha value is -1.14. The molecule has 0 aliphatic heterocycles. The van der Waals surface area contributed by atoms with Gasteiger partial charge in [0.15, 0.2) is 0 Å². The van der Waals surface area contributed by atoms with E-state index in [9.17, 15) is 19.8 Å². The van der Waals surface area contributed by atoms with Gasteiger partial charge in [-0.15, -0.1) is 0 Å². The van der Waals surface area contributed by atoms with E-state index in [-0.39, 0.29) is 18.5 Å². The molecule has 0 spiro atoms. The Bertz CT molecular complexity index is 791. The molecule has 0 saturated carbocycles. The Kier molecular flexibility index (Phi) is 45.6. The minimum Gasteiger partial charge on any atom is -0.466 e. The van der Waals surface area contributed by atoms with Gasteiger partial charge in [-0.05, 0) is 25.7 Å². The minimum absolute atomic E-state index is 0.00598. The van der Waals surface area contributed by atoms with E-state index in [1.807, 2.05) is 0 Å². The number of nitrogens with one attached hydrogen (secondary N) is 1. The highest BCUT2D eigenvalue weighted by Crippen LogP contribution is 2.17. The van der Waals surface area contributed by atoms with Crippen LogP contribution >= 0.6 is 0 Å². The number of hydrogen-bond donors (Lipinski definition) is 3. The van der Waals surface area contributed by atoms with E-state index < -0.39 is 12.1 Å². The number of esters is 1. The van der Waals surface area contributed by atoms with Crippen molar-refractivity contribution in [2.45, 2.75) is 296 Å². The van der Waals surface area contributed by atoms with Crippen molar-refractivity contribution in [1.29, 1.82) is 0 Å². The standard InChI is InChI=1S/C50H99NO5/c1-3-5-7-9-11-13-15-17-18-19-24-28-32-36-40-44-50(55)56-45-41-37-33-29-25-21-20-23-27-31-35-39-43-49(54)51-47(46-52)48(53)42-38-34-30-26-22-16-14-12-10-8-6-4-2/h47-48,52-53H,3-46H2,1-2H3,(H,51,54). The summed E-state index contributed by atoms with van der Waals surface area (Å²) in [7, 11) is 0. The highest BCUT2D eigenvalue weighted by Gasteiger charge is 2.20. The molecule has 6 nitrogen and oxygen atoms in total. The Balaban J connectivity index is 3.43. The second kappa shape index (κ2) is 46.5. The smallest absolute Gasteiger partial charge is 0.305 e. The minimum atomic E-state index is -0.671. The Morgan fingerprint density at radius 3 is 1.09 bits per heavy atom. The lowest BCUT2D eigenvalue weighted by Crippen LogP contribution is -2.45. The van der Waals surface area contributed by atoms with Gasteiger partial charge in [0.05, 0.1) is 25.4 Å². The maximum atomic E-state index is 12.4. The van der Waals surface area contributed by atoms with Gasteiger partial charge in [-0.3, -0.25) is 9.59 Å². The molecule has 0 aromatic carbocycles. The summed E-state index contributed by atoms with van der Waals surface area (Å²) >= 11 is 0. The molecule has 1 amide bonds. The number of hydrogen-bond acceptors (Lipinski definition) is 5. The van der Waals surface area contributed by atoms with Crippen LogP contribution in [0.2, 0.25) is 0 Å². The highest BCUT2D eigenvalue weighted by molar-refractivity contribution is 5.76. The number of unbranched alkanes of at least 4 members (excludes halogenated alkanes) is 36. The maximum Gasteiger partial charge on any atom is 0.305 e. The molecule has 0 aromatic heterocycles. The number of carbonyl (C=O) groups excluding carboxylic acids is 2. The molecule has 0 saturated heterocycles. The van der Waals surface area contributed by atoms with Crippen LogP contribution in [0.5, 0.6) is 0 Å². The third kappa shape index (κ3) is 42.5. The first-order valence-corrected chi connectivity index (χ1v) is 25.3. The lowest BCUT2D eigenvalue weighted by atomic mass is 10.0. The van der Waals surface area contributed by atoms with E-state index in [4.69, 9.17) is 4.74 Å². The number of amides is 1. The molecule has 0 bridgehead atoms. The first-order valence-electron chi connectivity index (χ1n) is 25.3. The molecular weight excluding hydrogens is 695 g/mol. The van der Waals surface area contributed by atoms with Gasteiger partial charge in [-0.1, -0.05) is 245 Å². The van der Waals surface area contributed by atoms with Gasteiger partial charge in [0.2, 0.25) is 5.91 Å². The van der Waals surface area contributed by atoms with E-state index in [1.165, 1.54) is 193 Å². The van der Waals surface area contributed by atoms with Crippen LogP contribution < -0.4 is 5.32 Å². The predicted octanol–water partition coefficient (Wildman–Crippen LogP) is 14.8. The van der Waals surface area contributed by atoms with Crippen LogP contribution in [0.1, 0.15) is 284 Å². The number of carbonyl (C=O) groups is 2. The van der Waals surface area contributed by atoms with Crippen LogP contribution in [-0.2, 0) is 14.3 Å². The summed E-state index contributed by atoms with van der Waals surface area (Å²) in [4.78, 5) is 24.4. The molecule has 2 atom stereocenters. The van der Waals surface area contributed by atoms with Crippen molar-refractivity contribution in [3.8, 4) is 0 Å². The van der Waals surface area contributed by atoms with Crippen LogP contribution in [-0.4, -0.2) is 47.4 Å². The number of rotatable bonds is 47. The summed E-state index contributed by atoms with van der Waals surface area (Å²) in [6.07, 6.45) is 50.6. The molecule has 6 heteroatoms. The van der Waals surface area contributed by atoms with Crippen LogP contribution in [0.3, 0.4) is 0 Å². The van der Waals surface area contributed by atoms with Gasteiger partial charge < -0.3 is 20.3 Å². The van der Waals surface area contributed by atoms with Crippen molar-refractivity contribution in [1.82, 2.24) is 5.32 Å². The fourth-order valence-corrected chi connectivity index (χ4v) is 7.99. The lowest BCUT2D eigenvalue weighted by molar-refractivity contribution is -0.143. The average molecular weight is 794 g/mol. The molecule has 0 radical (unpaired) electrons. The van der Waals surface area contributed by atoms with Crippen molar-refractivity contribution in [2.24, 2.45) is 0 Å². The summed E-state index contributed by atoms with van der Waals surface area (Å²) in [5.74, 6) is -0.0556. The SMILES string of the molecule is CCCCCCCCCCCCCCCCCC(=O)OCCCCCCCCCCCCCCC(=O)NC(CO)C(O)CCCCCCCCCCCCCC. The van der Waals surface area contributed by atoms with E-state index >= 15 is 0 Å². The monoisotopic (exact) mass is 794 g/mol. The fraction of sp³-hybridized carbons (Fsp3) is 0.960. The molecule has 0 fully saturated rings. The molecule has 334 valence electrons. The summed E-state index contributed by atoms with van der Waals surface area (Å²) in [5.41, 5.74) is 0. The van der Waals surface area contributed by atoms with Gasteiger partial charge in [0.1, 0.15) is 0 Å². The van der Waals surface area contributed by atoms with Gasteiger partial charge in [-0.25, -0.2) is 0 Å². The van der Waals surface area contributed by atoms with Crippen molar-refractivity contribution in [2.75, 3.05) is 13.2 Å². The lowest BCUT2D eigenvalue weighted by Gasteiger charge is -2.22. The van der Waals surface area contributed by atoms with Crippen LogP contribution in [0, 0.1) is 0 Å². The van der Waals surface area contributed by atoms with Crippen molar-refractivity contribution in [3.63, 3.8) is 0 Å². The Morgan fingerprint density at radius 2 is 0.732 bits per heavy atom. The number of aliphatic hydroxyl groups is 2. The molecule has 3 N–H and O–H groups in total. The Labute approximate surface area is 349 Å². The zero-order chi connectivity index (χ0) is 40.8. The van der Waals surface area contributed by atoms with E-state index in [2.05, 4.69) is 19.2 Å². The topological polar surface area (TPSA) is 95.9 Å². The largest absolute Gasteiger partial charge is 0.466 e. The molecule has 0 heterocycles.